The fourth-order valence-corrected chi connectivity index (χ4v) is 3.27. The molecule has 4 heteroatoms. The molecule has 0 bridgehead atoms. The number of allylic oxidation sites excluding steroid dienone is 2. The normalized spacial score (nSPS) is 26.8. The molecule has 1 N–H and O–H groups in total. The molecule has 1 aliphatic heterocycles. The molecule has 0 aromatic carbocycles. The maximum absolute atomic E-state index is 12.2. The van der Waals surface area contributed by atoms with Gasteiger partial charge in [0, 0.05) is 17.1 Å². The molecule has 19 heavy (non-hydrogen) atoms. The van der Waals surface area contributed by atoms with Crippen LogP contribution in [0.5, 0.6) is 0 Å². The highest BCUT2D eigenvalue weighted by atomic mass is 16.5. The number of amides is 1. The molecule has 0 saturated carbocycles. The number of hydrogen-bond donors (Lipinski definition) is 1. The maximum atomic E-state index is 12.2. The number of nitrogens with one attached hydrogen (secondary N) is 1. The monoisotopic (exact) mass is 263 g/mol. The van der Waals surface area contributed by atoms with E-state index in [0.29, 0.717) is 12.8 Å². The summed E-state index contributed by atoms with van der Waals surface area (Å²) in [7, 11) is 0. The van der Waals surface area contributed by atoms with E-state index in [1.54, 1.807) is 0 Å². The number of carbonyl (C=O) groups excluding carboxylic acids is 1. The largest absolute Gasteiger partial charge is 0.352 e. The van der Waals surface area contributed by atoms with Gasteiger partial charge in [-0.2, -0.15) is 0 Å². The molecule has 1 saturated heterocycles. The second-order valence-corrected chi connectivity index (χ2v) is 6.83. The third-order valence-corrected chi connectivity index (χ3v) is 3.99. The molecule has 0 aromatic rings. The Balaban J connectivity index is 2.03. The minimum atomic E-state index is -0.443. The van der Waals surface area contributed by atoms with Crippen LogP contribution in [0.4, 0.5) is 0 Å². The molecule has 1 heterocycles. The molecule has 1 radical (unpaired) electrons. The lowest BCUT2D eigenvalue weighted by Gasteiger charge is -2.50. The van der Waals surface area contributed by atoms with Gasteiger partial charge in [-0.3, -0.25) is 4.79 Å². The Bertz CT molecular complexity index is 394. The first-order valence-electron chi connectivity index (χ1n) is 6.85. The van der Waals surface area contributed by atoms with Gasteiger partial charge in [-0.05, 0) is 40.5 Å². The molecule has 2 rings (SSSR count). The van der Waals surface area contributed by atoms with Gasteiger partial charge in [0.2, 0.25) is 5.91 Å². The summed E-state index contributed by atoms with van der Waals surface area (Å²) in [5.41, 5.74) is -0.887. The van der Waals surface area contributed by atoms with Crippen LogP contribution in [0.15, 0.2) is 24.3 Å². The van der Waals surface area contributed by atoms with Crippen molar-refractivity contribution in [1.82, 2.24) is 10.4 Å². The number of hydroxylamine groups is 2. The Labute approximate surface area is 115 Å². The fraction of sp³-hybridized carbons (Fsp3) is 0.667. The highest BCUT2D eigenvalue weighted by molar-refractivity contribution is 5.83. The quantitative estimate of drug-likeness (QED) is 0.830. The van der Waals surface area contributed by atoms with Crippen LogP contribution in [-0.2, 0) is 10.0 Å². The van der Waals surface area contributed by atoms with Gasteiger partial charge >= 0.3 is 0 Å². The van der Waals surface area contributed by atoms with Crippen LogP contribution in [0, 0.1) is 5.92 Å². The Morgan fingerprint density at radius 3 is 2.05 bits per heavy atom. The summed E-state index contributed by atoms with van der Waals surface area (Å²) >= 11 is 0. The lowest BCUT2D eigenvalue weighted by Crippen LogP contribution is -2.62. The highest BCUT2D eigenvalue weighted by Gasteiger charge is 2.46. The van der Waals surface area contributed by atoms with Crippen LogP contribution >= 0.6 is 0 Å². The second-order valence-electron chi connectivity index (χ2n) is 6.83. The van der Waals surface area contributed by atoms with Gasteiger partial charge in [0.15, 0.2) is 0 Å². The second kappa shape index (κ2) is 4.76. The van der Waals surface area contributed by atoms with Crippen molar-refractivity contribution in [3.05, 3.63) is 24.3 Å². The van der Waals surface area contributed by atoms with Gasteiger partial charge in [-0.1, -0.05) is 24.3 Å². The van der Waals surface area contributed by atoms with E-state index in [0.717, 1.165) is 0 Å². The third-order valence-electron chi connectivity index (χ3n) is 3.99. The topological polar surface area (TPSA) is 52.2 Å². The molecular formula is C15H23N2O2. The van der Waals surface area contributed by atoms with Gasteiger partial charge in [0.25, 0.3) is 0 Å². The minimum absolute atomic E-state index is 0.0287. The molecule has 0 unspecified atom stereocenters. The predicted octanol–water partition coefficient (Wildman–Crippen LogP) is 2.21. The van der Waals surface area contributed by atoms with E-state index in [1.165, 1.54) is 5.06 Å². The van der Waals surface area contributed by atoms with Crippen molar-refractivity contribution >= 4 is 5.91 Å². The van der Waals surface area contributed by atoms with E-state index in [1.807, 2.05) is 52.0 Å². The summed E-state index contributed by atoms with van der Waals surface area (Å²) in [4.78, 5) is 12.1. The Morgan fingerprint density at radius 1 is 1.11 bits per heavy atom. The zero-order valence-electron chi connectivity index (χ0n) is 12.1. The van der Waals surface area contributed by atoms with Gasteiger partial charge < -0.3 is 5.32 Å². The van der Waals surface area contributed by atoms with Crippen LogP contribution in [0.1, 0.15) is 40.5 Å². The Hall–Kier alpha value is -1.13. The first-order valence-corrected chi connectivity index (χ1v) is 6.85. The zero-order valence-corrected chi connectivity index (χ0v) is 12.1. The predicted molar refractivity (Wildman–Crippen MR) is 73.6 cm³/mol. The maximum Gasteiger partial charge on any atom is 0.231 e. The molecule has 0 atom stereocenters. The summed E-state index contributed by atoms with van der Waals surface area (Å²) in [6.45, 7) is 7.76. The van der Waals surface area contributed by atoms with E-state index < -0.39 is 11.1 Å². The molecule has 1 amide bonds. The van der Waals surface area contributed by atoms with Crippen LogP contribution in [0.3, 0.4) is 0 Å². The van der Waals surface area contributed by atoms with E-state index in [4.69, 9.17) is 0 Å². The van der Waals surface area contributed by atoms with Crippen molar-refractivity contribution < 1.29 is 10.0 Å². The summed E-state index contributed by atoms with van der Waals surface area (Å²) in [6, 6.07) is 0.0603. The van der Waals surface area contributed by atoms with Gasteiger partial charge in [0.1, 0.15) is 0 Å². The van der Waals surface area contributed by atoms with Gasteiger partial charge in [-0.15, -0.1) is 10.3 Å². The Kier molecular flexibility index (Phi) is 3.58. The molecule has 2 aliphatic rings. The molecular weight excluding hydrogens is 240 g/mol. The summed E-state index contributed by atoms with van der Waals surface area (Å²) < 4.78 is 0. The molecule has 0 aromatic heterocycles. The molecule has 4 nitrogen and oxygen atoms in total. The SMILES string of the molecule is CC1(C)CC(NC(=O)C2C=CC=C2)CC(C)(C)N1[O]. The number of carbonyl (C=O) groups is 1. The summed E-state index contributed by atoms with van der Waals surface area (Å²) in [5, 5.41) is 16.5. The van der Waals surface area contributed by atoms with Gasteiger partial charge in [0.05, 0.1) is 5.92 Å². The summed E-state index contributed by atoms with van der Waals surface area (Å²) in [6.07, 6.45) is 8.91. The van der Waals surface area contributed by atoms with Crippen molar-refractivity contribution in [2.75, 3.05) is 0 Å². The van der Waals surface area contributed by atoms with Crippen molar-refractivity contribution in [1.29, 1.82) is 0 Å². The highest BCUT2D eigenvalue weighted by Crippen LogP contribution is 2.37. The van der Waals surface area contributed by atoms with E-state index >= 15 is 0 Å². The lowest BCUT2D eigenvalue weighted by molar-refractivity contribution is -0.290. The fourth-order valence-electron chi connectivity index (χ4n) is 3.27. The first-order chi connectivity index (χ1) is 8.72. The molecule has 1 fully saturated rings. The smallest absolute Gasteiger partial charge is 0.231 e. The van der Waals surface area contributed by atoms with Crippen molar-refractivity contribution in [2.45, 2.75) is 57.7 Å². The lowest BCUT2D eigenvalue weighted by atomic mass is 9.79. The molecule has 1 aliphatic carbocycles. The molecule has 105 valence electrons. The van der Waals surface area contributed by atoms with E-state index in [-0.39, 0.29) is 17.9 Å². The zero-order chi connectivity index (χ0) is 14.3. The average Bonchev–Trinajstić information content (AvgIpc) is 2.78. The van der Waals surface area contributed by atoms with Crippen LogP contribution in [0.25, 0.3) is 0 Å². The van der Waals surface area contributed by atoms with E-state index in [2.05, 4.69) is 5.32 Å². The first kappa shape index (κ1) is 14.3. The molecule has 0 spiro atoms. The Morgan fingerprint density at radius 2 is 1.58 bits per heavy atom. The van der Waals surface area contributed by atoms with Crippen molar-refractivity contribution in [3.63, 3.8) is 0 Å². The van der Waals surface area contributed by atoms with Gasteiger partial charge in [-0.25, -0.2) is 0 Å². The number of hydrogen-bond acceptors (Lipinski definition) is 2. The minimum Gasteiger partial charge on any atom is -0.352 e. The van der Waals surface area contributed by atoms with Crippen molar-refractivity contribution in [3.8, 4) is 0 Å². The van der Waals surface area contributed by atoms with Crippen molar-refractivity contribution in [2.24, 2.45) is 5.92 Å². The number of nitrogens with zero attached hydrogens (tertiary/aromatic N) is 1. The van der Waals surface area contributed by atoms with Crippen LogP contribution in [-0.4, -0.2) is 28.1 Å². The third kappa shape index (κ3) is 2.90. The number of rotatable bonds is 2. The number of piperidine rings is 1. The van der Waals surface area contributed by atoms with Crippen LogP contribution in [0.2, 0.25) is 0 Å². The van der Waals surface area contributed by atoms with Crippen LogP contribution < -0.4 is 5.32 Å². The van der Waals surface area contributed by atoms with E-state index in [9.17, 15) is 10.0 Å². The standard InChI is InChI=1S/C15H23N2O2/c1-14(2)9-12(10-15(3,4)17(14)19)16-13(18)11-7-5-6-8-11/h5-8,11-12H,9-10H2,1-4H3,(H,16,18). The summed E-state index contributed by atoms with van der Waals surface area (Å²) in [5.74, 6) is -0.127. The average molecular weight is 263 g/mol.